The van der Waals surface area contributed by atoms with Crippen LogP contribution in [0.1, 0.15) is 30.0 Å². The number of aryl methyl sites for hydroxylation is 1. The van der Waals surface area contributed by atoms with Gasteiger partial charge in [-0.25, -0.2) is 14.8 Å². The maximum Gasteiger partial charge on any atom is 0.323 e. The zero-order chi connectivity index (χ0) is 14.7. The fourth-order valence-electron chi connectivity index (χ4n) is 2.84. The van der Waals surface area contributed by atoms with Crippen LogP contribution in [0.3, 0.4) is 0 Å². The number of likely N-dealkylation sites (tertiary alicyclic amines) is 1. The van der Waals surface area contributed by atoms with E-state index in [9.17, 15) is 4.79 Å². The van der Waals surface area contributed by atoms with E-state index >= 15 is 0 Å². The summed E-state index contributed by atoms with van der Waals surface area (Å²) in [7, 11) is 0. The molecule has 1 N–H and O–H groups in total. The number of nitrogens with one attached hydrogen (secondary N) is 1. The van der Waals surface area contributed by atoms with Crippen molar-refractivity contribution in [2.45, 2.75) is 25.8 Å². The number of hydrogen-bond donors (Lipinski definition) is 1. The number of hydrogen-bond acceptors (Lipinski definition) is 3. The topological polar surface area (TPSA) is 58.1 Å². The van der Waals surface area contributed by atoms with E-state index in [1.54, 1.807) is 12.3 Å². The zero-order valence-electron chi connectivity index (χ0n) is 12.0. The second kappa shape index (κ2) is 5.91. The number of carbonyl (C=O) groups is 1. The molecule has 2 amide bonds. The number of carbonyl (C=O) groups excluding carboxylic acids is 1. The highest BCUT2D eigenvalue weighted by molar-refractivity contribution is 5.88. The van der Waals surface area contributed by atoms with Crippen molar-refractivity contribution in [3.05, 3.63) is 54.0 Å². The molecule has 108 valence electrons. The first kappa shape index (κ1) is 13.5. The molecular weight excluding hydrogens is 264 g/mol. The summed E-state index contributed by atoms with van der Waals surface area (Å²) in [6.07, 6.45) is 5.07. The Kier molecular flexibility index (Phi) is 3.81. The molecule has 1 aromatic carbocycles. The third-order valence-electron chi connectivity index (χ3n) is 3.88. The number of urea groups is 1. The third-order valence-corrected chi connectivity index (χ3v) is 3.88. The Morgan fingerprint density at radius 2 is 2.19 bits per heavy atom. The molecule has 2 aromatic rings. The Morgan fingerprint density at radius 1 is 1.33 bits per heavy atom. The first-order valence-corrected chi connectivity index (χ1v) is 7.15. The molecule has 0 spiro atoms. The van der Waals surface area contributed by atoms with Crippen LogP contribution in [0.4, 0.5) is 10.6 Å². The SMILES string of the molecule is Cc1ccccc1[C@@H]1CCCN1C(=O)Nc1ccncn1. The average Bonchev–Trinajstić information content (AvgIpc) is 2.98. The number of anilines is 1. The van der Waals surface area contributed by atoms with Crippen LogP contribution in [-0.4, -0.2) is 27.4 Å². The molecule has 5 heteroatoms. The molecular formula is C16H18N4O. The lowest BCUT2D eigenvalue weighted by Gasteiger charge is -2.26. The third kappa shape index (κ3) is 2.86. The van der Waals surface area contributed by atoms with Crippen LogP contribution < -0.4 is 5.32 Å². The lowest BCUT2D eigenvalue weighted by Crippen LogP contribution is -2.34. The molecule has 1 aliphatic heterocycles. The van der Waals surface area contributed by atoms with Gasteiger partial charge in [0.05, 0.1) is 6.04 Å². The predicted octanol–water partition coefficient (Wildman–Crippen LogP) is 3.15. The normalized spacial score (nSPS) is 17.8. The van der Waals surface area contributed by atoms with E-state index in [0.717, 1.165) is 19.4 Å². The molecule has 21 heavy (non-hydrogen) atoms. The Bertz CT molecular complexity index is 629. The Balaban J connectivity index is 1.78. The van der Waals surface area contributed by atoms with Gasteiger partial charge < -0.3 is 4.90 Å². The van der Waals surface area contributed by atoms with Crippen molar-refractivity contribution in [1.29, 1.82) is 0 Å². The summed E-state index contributed by atoms with van der Waals surface area (Å²) in [6, 6.07) is 9.99. The summed E-state index contributed by atoms with van der Waals surface area (Å²) in [6.45, 7) is 2.87. The summed E-state index contributed by atoms with van der Waals surface area (Å²) in [5.74, 6) is 0.533. The number of benzene rings is 1. The van der Waals surface area contributed by atoms with E-state index in [0.29, 0.717) is 5.82 Å². The summed E-state index contributed by atoms with van der Waals surface area (Å²) in [5, 5.41) is 2.84. The van der Waals surface area contributed by atoms with E-state index in [1.165, 1.54) is 17.5 Å². The zero-order valence-corrected chi connectivity index (χ0v) is 12.0. The van der Waals surface area contributed by atoms with Crippen molar-refractivity contribution in [3.63, 3.8) is 0 Å². The fourth-order valence-corrected chi connectivity index (χ4v) is 2.84. The second-order valence-electron chi connectivity index (χ2n) is 5.23. The number of aromatic nitrogens is 2. The number of rotatable bonds is 2. The first-order chi connectivity index (χ1) is 10.3. The molecule has 0 saturated carbocycles. The Hall–Kier alpha value is -2.43. The molecule has 1 atom stereocenters. The molecule has 0 radical (unpaired) electrons. The fraction of sp³-hybridized carbons (Fsp3) is 0.312. The quantitative estimate of drug-likeness (QED) is 0.920. The van der Waals surface area contributed by atoms with Crippen LogP contribution in [0, 0.1) is 6.92 Å². The van der Waals surface area contributed by atoms with Gasteiger partial charge >= 0.3 is 6.03 Å². The average molecular weight is 282 g/mol. The van der Waals surface area contributed by atoms with Crippen LogP contribution in [0.2, 0.25) is 0 Å². The largest absolute Gasteiger partial charge is 0.323 e. The lowest BCUT2D eigenvalue weighted by molar-refractivity contribution is 0.207. The molecule has 2 heterocycles. The summed E-state index contributed by atoms with van der Waals surface area (Å²) in [5.41, 5.74) is 2.46. The van der Waals surface area contributed by atoms with Gasteiger partial charge in [-0.3, -0.25) is 5.32 Å². The van der Waals surface area contributed by atoms with Crippen molar-refractivity contribution in [2.24, 2.45) is 0 Å². The smallest absolute Gasteiger partial charge is 0.317 e. The summed E-state index contributed by atoms with van der Waals surface area (Å²) < 4.78 is 0. The Morgan fingerprint density at radius 3 is 2.95 bits per heavy atom. The van der Waals surface area contributed by atoms with Crippen molar-refractivity contribution in [1.82, 2.24) is 14.9 Å². The maximum absolute atomic E-state index is 12.5. The molecule has 1 saturated heterocycles. The van der Waals surface area contributed by atoms with E-state index in [1.807, 2.05) is 17.0 Å². The van der Waals surface area contributed by atoms with Crippen LogP contribution in [0.5, 0.6) is 0 Å². The van der Waals surface area contributed by atoms with Crippen LogP contribution in [0.15, 0.2) is 42.9 Å². The van der Waals surface area contributed by atoms with Crippen LogP contribution in [-0.2, 0) is 0 Å². The summed E-state index contributed by atoms with van der Waals surface area (Å²) >= 11 is 0. The van der Waals surface area contributed by atoms with Gasteiger partial charge in [-0.15, -0.1) is 0 Å². The molecule has 3 rings (SSSR count). The number of amides is 2. The minimum absolute atomic E-state index is 0.0977. The molecule has 1 fully saturated rings. The highest BCUT2D eigenvalue weighted by Crippen LogP contribution is 2.33. The standard InChI is InChI=1S/C16H18N4O/c1-12-5-2-3-6-13(12)14-7-4-10-20(14)16(21)19-15-8-9-17-11-18-15/h2-3,5-6,8-9,11,14H,4,7,10H2,1H3,(H,17,18,19,21)/t14-/m0/s1. The highest BCUT2D eigenvalue weighted by atomic mass is 16.2. The van der Waals surface area contributed by atoms with Crippen LogP contribution in [0.25, 0.3) is 0 Å². The molecule has 0 unspecified atom stereocenters. The van der Waals surface area contributed by atoms with Crippen molar-refractivity contribution < 1.29 is 4.79 Å². The van der Waals surface area contributed by atoms with E-state index < -0.39 is 0 Å². The second-order valence-corrected chi connectivity index (χ2v) is 5.23. The van der Waals surface area contributed by atoms with Gasteiger partial charge in [0.25, 0.3) is 0 Å². The van der Waals surface area contributed by atoms with Gasteiger partial charge in [0, 0.05) is 12.7 Å². The van der Waals surface area contributed by atoms with Gasteiger partial charge in [0.15, 0.2) is 0 Å². The molecule has 1 aromatic heterocycles. The van der Waals surface area contributed by atoms with Crippen LogP contribution >= 0.6 is 0 Å². The van der Waals surface area contributed by atoms with Gasteiger partial charge in [0.2, 0.25) is 0 Å². The monoisotopic (exact) mass is 282 g/mol. The molecule has 0 aliphatic carbocycles. The maximum atomic E-state index is 12.5. The Labute approximate surface area is 124 Å². The lowest BCUT2D eigenvalue weighted by atomic mass is 9.99. The summed E-state index contributed by atoms with van der Waals surface area (Å²) in [4.78, 5) is 22.2. The van der Waals surface area contributed by atoms with Gasteiger partial charge in [0.1, 0.15) is 12.1 Å². The molecule has 1 aliphatic rings. The predicted molar refractivity (Wildman–Crippen MR) is 80.9 cm³/mol. The molecule has 5 nitrogen and oxygen atoms in total. The first-order valence-electron chi connectivity index (χ1n) is 7.15. The van der Waals surface area contributed by atoms with Crippen molar-refractivity contribution in [3.8, 4) is 0 Å². The van der Waals surface area contributed by atoms with Gasteiger partial charge in [-0.05, 0) is 37.0 Å². The minimum atomic E-state index is -0.0977. The van der Waals surface area contributed by atoms with E-state index in [-0.39, 0.29) is 12.1 Å². The van der Waals surface area contributed by atoms with Gasteiger partial charge in [-0.1, -0.05) is 24.3 Å². The van der Waals surface area contributed by atoms with Gasteiger partial charge in [-0.2, -0.15) is 0 Å². The minimum Gasteiger partial charge on any atom is -0.317 e. The highest BCUT2D eigenvalue weighted by Gasteiger charge is 2.30. The molecule has 0 bridgehead atoms. The van der Waals surface area contributed by atoms with Crippen molar-refractivity contribution >= 4 is 11.8 Å². The van der Waals surface area contributed by atoms with E-state index in [2.05, 4.69) is 34.3 Å². The number of nitrogens with zero attached hydrogens (tertiary/aromatic N) is 3. The van der Waals surface area contributed by atoms with Crippen molar-refractivity contribution in [2.75, 3.05) is 11.9 Å². The van der Waals surface area contributed by atoms with E-state index in [4.69, 9.17) is 0 Å².